The van der Waals surface area contributed by atoms with Gasteiger partial charge in [-0.1, -0.05) is 12.1 Å². The molecule has 8 heteroatoms. The quantitative estimate of drug-likeness (QED) is 0.634. The fourth-order valence-corrected chi connectivity index (χ4v) is 3.50. The monoisotopic (exact) mass is 380 g/mol. The lowest BCUT2D eigenvalue weighted by Gasteiger charge is -2.37. The molecule has 1 N–H and O–H groups in total. The fraction of sp³-hybridized carbons (Fsp3) is 0.579. The Morgan fingerprint density at radius 2 is 2.00 bits per heavy atom. The van der Waals surface area contributed by atoms with Crippen LogP contribution in [0.3, 0.4) is 0 Å². The van der Waals surface area contributed by atoms with Crippen molar-refractivity contribution in [3.05, 3.63) is 35.4 Å². The van der Waals surface area contributed by atoms with Crippen molar-refractivity contribution in [1.29, 1.82) is 0 Å². The lowest BCUT2D eigenvalue weighted by Crippen LogP contribution is -2.55. The van der Waals surface area contributed by atoms with Crippen molar-refractivity contribution in [1.82, 2.24) is 15.1 Å². The van der Waals surface area contributed by atoms with Crippen LogP contribution < -0.4 is 5.32 Å². The summed E-state index contributed by atoms with van der Waals surface area (Å²) in [6.45, 7) is 3.70. The predicted octanol–water partition coefficient (Wildman–Crippen LogP) is 1.41. The largest absolute Gasteiger partial charge is 0.368 e. The predicted molar refractivity (Wildman–Crippen MR) is 98.6 cm³/mol. The van der Waals surface area contributed by atoms with E-state index in [0.717, 1.165) is 18.9 Å². The summed E-state index contributed by atoms with van der Waals surface area (Å²) in [5.41, 5.74) is 0.338. The maximum atomic E-state index is 13.7. The lowest BCUT2D eigenvalue weighted by molar-refractivity contribution is -0.142. The number of ether oxygens (including phenoxy) is 1. The number of aliphatic imine (C=N–C) groups is 1. The van der Waals surface area contributed by atoms with Gasteiger partial charge in [-0.05, 0) is 30.9 Å². The second kappa shape index (κ2) is 9.12. The van der Waals surface area contributed by atoms with Gasteiger partial charge >= 0.3 is 0 Å². The van der Waals surface area contributed by atoms with Gasteiger partial charge in [0.25, 0.3) is 5.91 Å². The van der Waals surface area contributed by atoms with Crippen molar-refractivity contribution >= 4 is 11.9 Å². The summed E-state index contributed by atoms with van der Waals surface area (Å²) < 4.78 is 32.5. The summed E-state index contributed by atoms with van der Waals surface area (Å²) in [6, 6.07) is 4.20. The van der Waals surface area contributed by atoms with Crippen LogP contribution in [0.5, 0.6) is 0 Å². The first-order valence-corrected chi connectivity index (χ1v) is 9.39. The van der Waals surface area contributed by atoms with Crippen LogP contribution in [0.15, 0.2) is 23.2 Å². The van der Waals surface area contributed by atoms with Gasteiger partial charge in [-0.2, -0.15) is 0 Å². The van der Waals surface area contributed by atoms with E-state index in [1.165, 1.54) is 6.07 Å². The van der Waals surface area contributed by atoms with Crippen LogP contribution in [-0.2, 0) is 16.0 Å². The van der Waals surface area contributed by atoms with Gasteiger partial charge in [-0.15, -0.1) is 0 Å². The molecular weight excluding hydrogens is 354 g/mol. The summed E-state index contributed by atoms with van der Waals surface area (Å²) in [5.74, 6) is -0.841. The number of carbonyl (C=O) groups excluding carboxylic acids is 1. The summed E-state index contributed by atoms with van der Waals surface area (Å²) in [5, 5.41) is 3.19. The first-order valence-electron chi connectivity index (χ1n) is 9.39. The number of amides is 1. The fourth-order valence-electron chi connectivity index (χ4n) is 3.50. The maximum absolute atomic E-state index is 13.7. The van der Waals surface area contributed by atoms with Gasteiger partial charge in [-0.3, -0.25) is 9.79 Å². The van der Waals surface area contributed by atoms with Crippen molar-refractivity contribution < 1.29 is 18.3 Å². The van der Waals surface area contributed by atoms with E-state index in [1.54, 1.807) is 13.1 Å². The molecule has 1 atom stereocenters. The number of nitrogens with one attached hydrogen (secondary N) is 1. The Labute approximate surface area is 158 Å². The Morgan fingerprint density at radius 3 is 2.67 bits per heavy atom. The first-order chi connectivity index (χ1) is 13.1. The van der Waals surface area contributed by atoms with Crippen LogP contribution >= 0.6 is 0 Å². The molecule has 1 amide bonds. The number of hydrogen-bond donors (Lipinski definition) is 1. The molecule has 1 aromatic rings. The molecule has 0 aromatic heterocycles. The summed E-state index contributed by atoms with van der Waals surface area (Å²) in [4.78, 5) is 20.6. The molecule has 2 heterocycles. The summed E-state index contributed by atoms with van der Waals surface area (Å²) >= 11 is 0. The lowest BCUT2D eigenvalue weighted by atomic mass is 10.1. The van der Waals surface area contributed by atoms with Crippen LogP contribution in [0, 0.1) is 11.6 Å². The number of rotatable bonds is 4. The Morgan fingerprint density at radius 1 is 1.26 bits per heavy atom. The van der Waals surface area contributed by atoms with E-state index in [-0.39, 0.29) is 12.0 Å². The zero-order valence-corrected chi connectivity index (χ0v) is 15.6. The highest BCUT2D eigenvalue weighted by molar-refractivity contribution is 5.82. The van der Waals surface area contributed by atoms with Gasteiger partial charge in [0.05, 0.1) is 0 Å². The minimum Gasteiger partial charge on any atom is -0.368 e. The molecule has 2 saturated heterocycles. The Balaban J connectivity index is 1.46. The molecule has 2 aliphatic rings. The molecule has 0 spiro atoms. The maximum Gasteiger partial charge on any atom is 0.251 e. The third kappa shape index (κ3) is 4.74. The molecule has 2 fully saturated rings. The Kier molecular flexibility index (Phi) is 6.60. The van der Waals surface area contributed by atoms with Crippen LogP contribution in [0.25, 0.3) is 0 Å². The van der Waals surface area contributed by atoms with E-state index in [1.807, 2.05) is 4.90 Å². The average molecular weight is 380 g/mol. The van der Waals surface area contributed by atoms with E-state index in [4.69, 9.17) is 4.74 Å². The summed E-state index contributed by atoms with van der Waals surface area (Å²) in [7, 11) is 1.69. The molecule has 0 aliphatic carbocycles. The number of piperazine rings is 1. The number of guanidine groups is 1. The minimum absolute atomic E-state index is 0.0803. The van der Waals surface area contributed by atoms with Gasteiger partial charge in [0.1, 0.15) is 6.10 Å². The minimum atomic E-state index is -0.830. The molecule has 2 aliphatic heterocycles. The third-order valence-corrected chi connectivity index (χ3v) is 5.02. The van der Waals surface area contributed by atoms with Gasteiger partial charge in [-0.25, -0.2) is 8.78 Å². The molecule has 27 heavy (non-hydrogen) atoms. The number of hydrogen-bond acceptors (Lipinski definition) is 3. The second-order valence-electron chi connectivity index (χ2n) is 6.75. The molecule has 3 rings (SSSR count). The average Bonchev–Trinajstić information content (AvgIpc) is 3.23. The van der Waals surface area contributed by atoms with Crippen molar-refractivity contribution in [2.75, 3.05) is 46.4 Å². The molecular formula is C19H26F2N4O2. The molecule has 0 bridgehead atoms. The highest BCUT2D eigenvalue weighted by Crippen LogP contribution is 2.16. The third-order valence-electron chi connectivity index (χ3n) is 5.02. The molecule has 1 aromatic carbocycles. The molecule has 0 saturated carbocycles. The van der Waals surface area contributed by atoms with Crippen molar-refractivity contribution in [2.24, 2.45) is 4.99 Å². The zero-order chi connectivity index (χ0) is 19.2. The number of nitrogens with zero attached hydrogens (tertiary/aromatic N) is 3. The first kappa shape index (κ1) is 19.5. The highest BCUT2D eigenvalue weighted by atomic mass is 19.2. The molecule has 1 unspecified atom stereocenters. The second-order valence-corrected chi connectivity index (χ2v) is 6.75. The zero-order valence-electron chi connectivity index (χ0n) is 15.6. The van der Waals surface area contributed by atoms with Crippen molar-refractivity contribution in [3.63, 3.8) is 0 Å². The number of benzene rings is 1. The molecule has 148 valence electrons. The van der Waals surface area contributed by atoms with Gasteiger partial charge in [0.15, 0.2) is 17.6 Å². The highest BCUT2D eigenvalue weighted by Gasteiger charge is 2.30. The van der Waals surface area contributed by atoms with Crippen LogP contribution in [0.1, 0.15) is 18.4 Å². The van der Waals surface area contributed by atoms with Crippen LogP contribution in [0.2, 0.25) is 0 Å². The van der Waals surface area contributed by atoms with Crippen molar-refractivity contribution in [3.8, 4) is 0 Å². The van der Waals surface area contributed by atoms with Gasteiger partial charge < -0.3 is 19.9 Å². The Hall–Kier alpha value is -2.22. The SMILES string of the molecule is CN=C(NCCc1cccc(F)c1F)N1CCN(C(=O)C2CCCO2)CC1. The molecule has 0 radical (unpaired) electrons. The normalized spacial score (nSPS) is 20.9. The van der Waals surface area contributed by atoms with E-state index in [2.05, 4.69) is 15.2 Å². The standard InChI is InChI=1S/C19H26F2N4O2/c1-22-19(23-8-7-14-4-2-5-15(20)17(14)21)25-11-9-24(10-12-25)18(26)16-6-3-13-27-16/h2,4-5,16H,3,6-13H2,1H3,(H,22,23). The number of halogens is 2. The van der Waals surface area contributed by atoms with E-state index < -0.39 is 11.6 Å². The topological polar surface area (TPSA) is 57.2 Å². The number of carbonyl (C=O) groups is 1. The van der Waals surface area contributed by atoms with Gasteiger partial charge in [0.2, 0.25) is 0 Å². The Bertz CT molecular complexity index is 684. The van der Waals surface area contributed by atoms with Crippen LogP contribution in [0.4, 0.5) is 8.78 Å². The molecule has 6 nitrogen and oxygen atoms in total. The van der Waals surface area contributed by atoms with Crippen molar-refractivity contribution in [2.45, 2.75) is 25.4 Å². The van der Waals surface area contributed by atoms with E-state index in [9.17, 15) is 13.6 Å². The van der Waals surface area contributed by atoms with Crippen LogP contribution in [-0.4, -0.2) is 74.1 Å². The van der Waals surface area contributed by atoms with E-state index >= 15 is 0 Å². The summed E-state index contributed by atoms with van der Waals surface area (Å²) in [6.07, 6.45) is 1.83. The van der Waals surface area contributed by atoms with E-state index in [0.29, 0.717) is 57.3 Å². The smallest absolute Gasteiger partial charge is 0.251 e. The van der Waals surface area contributed by atoms with Gasteiger partial charge in [0, 0.05) is 46.4 Å².